The normalized spacial score (nSPS) is 19.3. The lowest BCUT2D eigenvalue weighted by molar-refractivity contribution is -0.153. The Morgan fingerprint density at radius 3 is 2.67 bits per heavy atom. The van der Waals surface area contributed by atoms with Crippen LogP contribution in [0.2, 0.25) is 0 Å². The summed E-state index contributed by atoms with van der Waals surface area (Å²) in [4.78, 5) is 13.9. The van der Waals surface area contributed by atoms with E-state index in [-0.39, 0.29) is 39.1 Å². The van der Waals surface area contributed by atoms with Gasteiger partial charge in [-0.25, -0.2) is 13.2 Å². The molecule has 1 N–H and O–H groups in total. The highest BCUT2D eigenvalue weighted by Crippen LogP contribution is 2.37. The van der Waals surface area contributed by atoms with Gasteiger partial charge in [0.2, 0.25) is 5.88 Å². The number of halogens is 6. The van der Waals surface area contributed by atoms with Crippen molar-refractivity contribution in [2.75, 3.05) is 26.8 Å². The van der Waals surface area contributed by atoms with Crippen molar-refractivity contribution in [3.63, 3.8) is 0 Å². The molecule has 0 bridgehead atoms. The molecule has 3 aromatic heterocycles. The standard InChI is InChI=1S/C18H12F5N5O2.C7H12FN/c1-7-3-10(19)13-8(5-25-28-13)11(7)15-12(20)14-9(4-24-15)16(27-17(26-14)29-2)30-6-18(21,22)23;8-6-4-7-2-1-3-9(7)5-6/h3-5H,6H2,1-2H3,(H,25,28);6-7H,1-5H2. The molecular weight excluding hydrogens is 530 g/mol. The third-order valence-corrected chi connectivity index (χ3v) is 6.77. The molecule has 0 saturated carbocycles. The lowest BCUT2D eigenvalue weighted by Crippen LogP contribution is -2.22. The van der Waals surface area contributed by atoms with E-state index in [1.54, 1.807) is 6.92 Å². The summed E-state index contributed by atoms with van der Waals surface area (Å²) in [7, 11) is 1.17. The Bertz CT molecular complexity index is 1500. The SMILES string of the molecule is COc1nc(OCC(F)(F)F)c2cnc(-c3c(C)cc(F)c4[nH]ncc34)c(F)c2n1.FC1CC2CCCN2C1. The first-order chi connectivity index (χ1) is 18.6. The fraction of sp³-hybridized carbons (Fsp3) is 0.440. The molecule has 0 aliphatic carbocycles. The van der Waals surface area contributed by atoms with Gasteiger partial charge in [-0.05, 0) is 44.4 Å². The zero-order chi connectivity index (χ0) is 27.9. The third-order valence-electron chi connectivity index (χ3n) is 6.77. The zero-order valence-corrected chi connectivity index (χ0v) is 20.9. The molecule has 2 saturated heterocycles. The van der Waals surface area contributed by atoms with Crippen molar-refractivity contribution < 1.29 is 35.8 Å². The molecular formula is C25H24F6N6O2. The number of rotatable bonds is 4. The lowest BCUT2D eigenvalue weighted by Gasteiger charge is -2.13. The van der Waals surface area contributed by atoms with Crippen LogP contribution in [0, 0.1) is 18.6 Å². The van der Waals surface area contributed by atoms with E-state index >= 15 is 4.39 Å². The fourth-order valence-electron chi connectivity index (χ4n) is 5.08. The van der Waals surface area contributed by atoms with Crippen molar-refractivity contribution in [2.24, 2.45) is 0 Å². The molecule has 1 aromatic carbocycles. The molecule has 6 rings (SSSR count). The van der Waals surface area contributed by atoms with Gasteiger partial charge < -0.3 is 9.47 Å². The Labute approximate surface area is 218 Å². The van der Waals surface area contributed by atoms with Crippen LogP contribution in [0.4, 0.5) is 26.3 Å². The van der Waals surface area contributed by atoms with Gasteiger partial charge in [0.15, 0.2) is 12.4 Å². The average Bonchev–Trinajstić information content (AvgIpc) is 3.61. The molecule has 2 unspecified atom stereocenters. The largest absolute Gasteiger partial charge is 0.467 e. The molecule has 2 aliphatic rings. The van der Waals surface area contributed by atoms with Crippen LogP contribution in [0.25, 0.3) is 33.1 Å². The minimum atomic E-state index is -4.63. The number of fused-ring (bicyclic) bond motifs is 3. The highest BCUT2D eigenvalue weighted by Gasteiger charge is 2.34. The van der Waals surface area contributed by atoms with Crippen LogP contribution in [0.3, 0.4) is 0 Å². The zero-order valence-electron chi connectivity index (χ0n) is 20.9. The van der Waals surface area contributed by atoms with Crippen molar-refractivity contribution in [2.45, 2.75) is 44.6 Å². The number of nitrogens with one attached hydrogen (secondary N) is 1. The summed E-state index contributed by atoms with van der Waals surface area (Å²) in [6, 6.07) is 1.42. The van der Waals surface area contributed by atoms with E-state index in [9.17, 15) is 22.0 Å². The Balaban J connectivity index is 0.000000287. The summed E-state index contributed by atoms with van der Waals surface area (Å²) in [6.07, 6.45) is 0.597. The van der Waals surface area contributed by atoms with Gasteiger partial charge >= 0.3 is 12.2 Å². The highest BCUT2D eigenvalue weighted by atomic mass is 19.4. The number of aromatic nitrogens is 5. The second kappa shape index (κ2) is 10.5. The average molecular weight is 554 g/mol. The molecule has 39 heavy (non-hydrogen) atoms. The highest BCUT2D eigenvalue weighted by molar-refractivity contribution is 5.98. The molecule has 2 aliphatic heterocycles. The van der Waals surface area contributed by atoms with E-state index in [0.29, 0.717) is 18.2 Å². The smallest absolute Gasteiger partial charge is 0.422 e. The molecule has 0 spiro atoms. The monoisotopic (exact) mass is 554 g/mol. The van der Waals surface area contributed by atoms with Crippen LogP contribution in [0.5, 0.6) is 11.9 Å². The third kappa shape index (κ3) is 5.42. The summed E-state index contributed by atoms with van der Waals surface area (Å²) in [6.45, 7) is 1.78. The predicted molar refractivity (Wildman–Crippen MR) is 129 cm³/mol. The van der Waals surface area contributed by atoms with Gasteiger partial charge in [-0.2, -0.15) is 28.2 Å². The molecule has 2 fully saturated rings. The number of benzene rings is 1. The quantitative estimate of drug-likeness (QED) is 0.343. The van der Waals surface area contributed by atoms with Crippen LogP contribution in [0.15, 0.2) is 18.5 Å². The van der Waals surface area contributed by atoms with Gasteiger partial charge in [-0.15, -0.1) is 0 Å². The Hall–Kier alpha value is -3.68. The summed E-state index contributed by atoms with van der Waals surface area (Å²) in [5, 5.41) is 6.38. The molecule has 0 radical (unpaired) electrons. The van der Waals surface area contributed by atoms with Crippen molar-refractivity contribution in [1.82, 2.24) is 30.0 Å². The maximum absolute atomic E-state index is 15.4. The van der Waals surface area contributed by atoms with E-state index in [1.807, 2.05) is 0 Å². The van der Waals surface area contributed by atoms with Crippen LogP contribution in [-0.4, -0.2) is 75.2 Å². The summed E-state index contributed by atoms with van der Waals surface area (Å²) >= 11 is 0. The Morgan fingerprint density at radius 2 is 1.95 bits per heavy atom. The summed E-state index contributed by atoms with van der Waals surface area (Å²) in [5.74, 6) is -2.06. The summed E-state index contributed by atoms with van der Waals surface area (Å²) < 4.78 is 89.4. The second-order valence-electron chi connectivity index (χ2n) is 9.44. The minimum absolute atomic E-state index is 0.0614. The number of nitrogens with zero attached hydrogens (tertiary/aromatic N) is 5. The second-order valence-corrected chi connectivity index (χ2v) is 9.44. The van der Waals surface area contributed by atoms with E-state index in [4.69, 9.17) is 9.47 Å². The number of pyridine rings is 1. The van der Waals surface area contributed by atoms with Crippen LogP contribution < -0.4 is 9.47 Å². The maximum atomic E-state index is 15.4. The van der Waals surface area contributed by atoms with Gasteiger partial charge in [0.1, 0.15) is 28.7 Å². The van der Waals surface area contributed by atoms with Crippen molar-refractivity contribution in [3.05, 3.63) is 35.7 Å². The van der Waals surface area contributed by atoms with Crippen molar-refractivity contribution in [1.29, 1.82) is 0 Å². The topological polar surface area (TPSA) is 89.0 Å². The summed E-state index contributed by atoms with van der Waals surface area (Å²) in [5.41, 5.74) is 0.154. The number of hydrogen-bond donors (Lipinski definition) is 1. The van der Waals surface area contributed by atoms with Gasteiger partial charge in [-0.1, -0.05) is 0 Å². The van der Waals surface area contributed by atoms with Gasteiger partial charge in [0.05, 0.1) is 18.7 Å². The number of alkyl halides is 4. The first-order valence-corrected chi connectivity index (χ1v) is 12.2. The lowest BCUT2D eigenvalue weighted by atomic mass is 9.99. The number of aromatic amines is 1. The van der Waals surface area contributed by atoms with E-state index in [1.165, 1.54) is 32.2 Å². The number of ether oxygens (including phenoxy) is 2. The van der Waals surface area contributed by atoms with Crippen LogP contribution >= 0.6 is 0 Å². The molecule has 5 heterocycles. The fourth-order valence-corrected chi connectivity index (χ4v) is 5.08. The molecule has 4 aromatic rings. The number of H-pyrrole nitrogens is 1. The van der Waals surface area contributed by atoms with Gasteiger partial charge in [0.25, 0.3) is 0 Å². The Kier molecular flexibility index (Phi) is 7.23. The first kappa shape index (κ1) is 26.9. The number of aryl methyl sites for hydroxylation is 1. The van der Waals surface area contributed by atoms with Crippen LogP contribution in [0.1, 0.15) is 24.8 Å². The van der Waals surface area contributed by atoms with E-state index in [2.05, 4.69) is 30.0 Å². The van der Waals surface area contributed by atoms with Gasteiger partial charge in [0, 0.05) is 29.7 Å². The molecule has 208 valence electrons. The number of hydrogen-bond acceptors (Lipinski definition) is 7. The van der Waals surface area contributed by atoms with Crippen molar-refractivity contribution >= 4 is 21.8 Å². The van der Waals surface area contributed by atoms with Crippen LogP contribution in [-0.2, 0) is 0 Å². The first-order valence-electron chi connectivity index (χ1n) is 12.2. The van der Waals surface area contributed by atoms with E-state index in [0.717, 1.165) is 19.2 Å². The molecule has 8 nitrogen and oxygen atoms in total. The number of methoxy groups -OCH3 is 1. The predicted octanol–water partition coefficient (Wildman–Crippen LogP) is 5.30. The Morgan fingerprint density at radius 1 is 1.15 bits per heavy atom. The molecule has 0 amide bonds. The maximum Gasteiger partial charge on any atom is 0.422 e. The minimum Gasteiger partial charge on any atom is -0.467 e. The van der Waals surface area contributed by atoms with Gasteiger partial charge in [-0.3, -0.25) is 15.0 Å². The molecule has 2 atom stereocenters. The van der Waals surface area contributed by atoms with Crippen molar-refractivity contribution in [3.8, 4) is 23.1 Å². The molecule has 14 heteroatoms. The van der Waals surface area contributed by atoms with E-state index < -0.39 is 36.5 Å².